The molecule has 0 aromatic rings. The lowest BCUT2D eigenvalue weighted by Gasteiger charge is -1.88. The first kappa shape index (κ1) is 9.14. The zero-order valence-electron chi connectivity index (χ0n) is 6.29. The predicted octanol–water partition coefficient (Wildman–Crippen LogP) is 0.775. The number of ether oxygens (including phenoxy) is 1. The molecule has 1 aliphatic heterocycles. The molecule has 1 unspecified atom stereocenters. The summed E-state index contributed by atoms with van der Waals surface area (Å²) in [6, 6.07) is 0. The van der Waals surface area contributed by atoms with Crippen molar-refractivity contribution in [3.05, 3.63) is 0 Å². The summed E-state index contributed by atoms with van der Waals surface area (Å²) in [5.74, 6) is 0.111. The van der Waals surface area contributed by atoms with Crippen LogP contribution in [-0.2, 0) is 14.3 Å². The summed E-state index contributed by atoms with van der Waals surface area (Å²) >= 11 is 0. The molecular weight excluding hydrogens is 132 g/mol. The van der Waals surface area contributed by atoms with Crippen molar-refractivity contribution in [2.45, 2.75) is 20.3 Å². The molecule has 1 atom stereocenters. The molecule has 0 aliphatic carbocycles. The monoisotopic (exact) mass is 144 g/mol. The highest BCUT2D eigenvalue weighted by Crippen LogP contribution is 2.11. The largest absolute Gasteiger partial charge is 0.465 e. The fourth-order valence-corrected chi connectivity index (χ4v) is 0.596. The average Bonchev–Trinajstić information content (AvgIpc) is 2.19. The molecule has 0 radical (unpaired) electrons. The summed E-state index contributed by atoms with van der Waals surface area (Å²) in [5.41, 5.74) is 0. The minimum Gasteiger partial charge on any atom is -0.465 e. The van der Waals surface area contributed by atoms with Gasteiger partial charge in [0.05, 0.1) is 12.5 Å². The van der Waals surface area contributed by atoms with E-state index in [4.69, 9.17) is 4.79 Å². The fourth-order valence-electron chi connectivity index (χ4n) is 0.596. The molecule has 1 rings (SSSR count). The van der Waals surface area contributed by atoms with Gasteiger partial charge in [-0.1, -0.05) is 6.92 Å². The van der Waals surface area contributed by atoms with E-state index in [1.165, 1.54) is 6.92 Å². The van der Waals surface area contributed by atoms with Crippen LogP contribution in [0.25, 0.3) is 0 Å². The molecule has 0 aromatic carbocycles. The number of carbonyl (C=O) groups is 2. The van der Waals surface area contributed by atoms with Gasteiger partial charge in [-0.3, -0.25) is 4.79 Å². The third-order valence-corrected chi connectivity index (χ3v) is 1.20. The zero-order valence-corrected chi connectivity index (χ0v) is 6.29. The Kier molecular flexibility index (Phi) is 4.54. The van der Waals surface area contributed by atoms with Gasteiger partial charge < -0.3 is 9.53 Å². The summed E-state index contributed by atoms with van der Waals surface area (Å²) < 4.78 is 4.63. The van der Waals surface area contributed by atoms with Crippen molar-refractivity contribution in [1.29, 1.82) is 0 Å². The molecule has 1 saturated heterocycles. The molecule has 1 fully saturated rings. The highest BCUT2D eigenvalue weighted by atomic mass is 16.5. The van der Waals surface area contributed by atoms with Crippen molar-refractivity contribution >= 4 is 12.3 Å². The van der Waals surface area contributed by atoms with E-state index < -0.39 is 0 Å². The van der Waals surface area contributed by atoms with E-state index in [1.807, 2.05) is 6.92 Å². The van der Waals surface area contributed by atoms with Crippen LogP contribution in [0.2, 0.25) is 0 Å². The second kappa shape index (κ2) is 4.97. The molecule has 0 aromatic heterocycles. The van der Waals surface area contributed by atoms with Crippen molar-refractivity contribution in [3.63, 3.8) is 0 Å². The highest BCUT2D eigenvalue weighted by Gasteiger charge is 2.20. The van der Waals surface area contributed by atoms with Crippen molar-refractivity contribution in [2.75, 3.05) is 6.61 Å². The molecule has 1 aliphatic rings. The Hall–Kier alpha value is -0.860. The van der Waals surface area contributed by atoms with Crippen molar-refractivity contribution < 1.29 is 14.3 Å². The molecule has 3 nitrogen and oxygen atoms in total. The lowest BCUT2D eigenvalue weighted by molar-refractivity contribution is -0.140. The average molecular weight is 144 g/mol. The van der Waals surface area contributed by atoms with Crippen LogP contribution < -0.4 is 0 Å². The minimum absolute atomic E-state index is 0.0417. The third-order valence-electron chi connectivity index (χ3n) is 1.20. The Labute approximate surface area is 60.4 Å². The molecule has 0 saturated carbocycles. The Morgan fingerprint density at radius 3 is 2.30 bits per heavy atom. The van der Waals surface area contributed by atoms with Crippen LogP contribution >= 0.6 is 0 Å². The smallest absolute Gasteiger partial charge is 0.308 e. The Morgan fingerprint density at radius 1 is 1.70 bits per heavy atom. The molecule has 0 spiro atoms. The topological polar surface area (TPSA) is 43.4 Å². The molecule has 0 amide bonds. The van der Waals surface area contributed by atoms with Gasteiger partial charge in [0, 0.05) is 0 Å². The summed E-state index contributed by atoms with van der Waals surface area (Å²) in [7, 11) is 0. The minimum atomic E-state index is -0.0417. The number of carbonyl (C=O) groups excluding carboxylic acids is 2. The van der Waals surface area contributed by atoms with E-state index in [0.717, 1.165) is 12.7 Å². The van der Waals surface area contributed by atoms with Crippen LogP contribution in [0.4, 0.5) is 0 Å². The fraction of sp³-hybridized carbons (Fsp3) is 0.714. The molecule has 0 bridgehead atoms. The molecular formula is C7H12O3. The summed E-state index contributed by atoms with van der Waals surface area (Å²) in [5, 5.41) is 0. The van der Waals surface area contributed by atoms with Crippen LogP contribution in [0.15, 0.2) is 0 Å². The van der Waals surface area contributed by atoms with Gasteiger partial charge in [0.15, 0.2) is 0 Å². The lowest BCUT2D eigenvalue weighted by atomic mass is 10.2. The Bertz CT molecular complexity index is 120. The van der Waals surface area contributed by atoms with Gasteiger partial charge in [-0.05, 0) is 13.3 Å². The van der Waals surface area contributed by atoms with Gasteiger partial charge in [0.1, 0.15) is 6.29 Å². The van der Waals surface area contributed by atoms with E-state index in [2.05, 4.69) is 4.74 Å². The molecule has 10 heavy (non-hydrogen) atoms. The van der Waals surface area contributed by atoms with Crippen molar-refractivity contribution in [3.8, 4) is 0 Å². The van der Waals surface area contributed by atoms with Crippen LogP contribution in [0.5, 0.6) is 0 Å². The quantitative estimate of drug-likeness (QED) is 0.372. The Morgan fingerprint density at radius 2 is 2.20 bits per heavy atom. The van der Waals surface area contributed by atoms with Crippen LogP contribution in [0.3, 0.4) is 0 Å². The lowest BCUT2D eigenvalue weighted by Crippen LogP contribution is -2.00. The maximum atomic E-state index is 10.4. The number of hydrogen-bond acceptors (Lipinski definition) is 3. The first-order valence-electron chi connectivity index (χ1n) is 3.28. The number of aldehydes is 1. The van der Waals surface area contributed by atoms with Gasteiger partial charge in [0.2, 0.25) is 0 Å². The SMILES string of the molecule is CC1CCOC1=O.CC=O. The first-order valence-corrected chi connectivity index (χ1v) is 3.28. The molecule has 58 valence electrons. The zero-order chi connectivity index (χ0) is 7.98. The number of esters is 1. The van der Waals surface area contributed by atoms with Gasteiger partial charge in [-0.2, -0.15) is 0 Å². The number of rotatable bonds is 0. The first-order chi connectivity index (χ1) is 4.72. The molecule has 1 heterocycles. The van der Waals surface area contributed by atoms with E-state index in [9.17, 15) is 4.79 Å². The second-order valence-electron chi connectivity index (χ2n) is 2.09. The van der Waals surface area contributed by atoms with E-state index in [1.54, 1.807) is 0 Å². The highest BCUT2D eigenvalue weighted by molar-refractivity contribution is 5.73. The van der Waals surface area contributed by atoms with E-state index >= 15 is 0 Å². The normalized spacial score (nSPS) is 22.6. The standard InChI is InChI=1S/C5H8O2.C2H4O/c1-4-2-3-7-5(4)6;1-2-3/h4H,2-3H2,1H3;2H,1H3. The van der Waals surface area contributed by atoms with E-state index in [-0.39, 0.29) is 11.9 Å². The number of hydrogen-bond donors (Lipinski definition) is 0. The maximum absolute atomic E-state index is 10.4. The Balaban J connectivity index is 0.000000236. The maximum Gasteiger partial charge on any atom is 0.308 e. The van der Waals surface area contributed by atoms with Crippen LogP contribution in [0.1, 0.15) is 20.3 Å². The van der Waals surface area contributed by atoms with Gasteiger partial charge in [-0.15, -0.1) is 0 Å². The second-order valence-corrected chi connectivity index (χ2v) is 2.09. The van der Waals surface area contributed by atoms with Crippen LogP contribution in [-0.4, -0.2) is 18.9 Å². The van der Waals surface area contributed by atoms with Gasteiger partial charge in [-0.25, -0.2) is 0 Å². The molecule has 3 heteroatoms. The summed E-state index contributed by atoms with van der Waals surface area (Å²) in [6.45, 7) is 3.95. The van der Waals surface area contributed by atoms with Gasteiger partial charge >= 0.3 is 5.97 Å². The van der Waals surface area contributed by atoms with Gasteiger partial charge in [0.25, 0.3) is 0 Å². The summed E-state index contributed by atoms with van der Waals surface area (Å²) in [6.07, 6.45) is 1.65. The van der Waals surface area contributed by atoms with Crippen molar-refractivity contribution in [1.82, 2.24) is 0 Å². The predicted molar refractivity (Wildman–Crippen MR) is 36.5 cm³/mol. The van der Waals surface area contributed by atoms with E-state index in [0.29, 0.717) is 6.61 Å². The third kappa shape index (κ3) is 3.22. The summed E-state index contributed by atoms with van der Waals surface area (Å²) in [4.78, 5) is 19.2. The molecule has 0 N–H and O–H groups in total. The number of cyclic esters (lactones) is 1. The van der Waals surface area contributed by atoms with Crippen LogP contribution in [0, 0.1) is 5.92 Å². The van der Waals surface area contributed by atoms with Crippen molar-refractivity contribution in [2.24, 2.45) is 5.92 Å².